The van der Waals surface area contributed by atoms with Crippen molar-refractivity contribution in [2.75, 3.05) is 19.1 Å². The highest BCUT2D eigenvalue weighted by Crippen LogP contribution is 2.46. The molecule has 1 heterocycles. The molecule has 186 valence electrons. The fraction of sp³-hybridized carbons (Fsp3) is 0.185. The third-order valence-corrected chi connectivity index (χ3v) is 6.06. The summed E-state index contributed by atoms with van der Waals surface area (Å²) in [5.41, 5.74) is 0.244. The Labute approximate surface area is 205 Å². The lowest BCUT2D eigenvalue weighted by Crippen LogP contribution is -2.29. The zero-order chi connectivity index (χ0) is 26.2. The fourth-order valence-corrected chi connectivity index (χ4v) is 4.32. The molecule has 1 aliphatic heterocycles. The zero-order valence-corrected chi connectivity index (χ0v) is 19.6. The number of aliphatic hydroxyl groups excluding tert-OH is 1. The smallest absolute Gasteiger partial charge is 0.416 e. The maximum atomic E-state index is 13.4. The van der Waals surface area contributed by atoms with E-state index < -0.39 is 35.2 Å². The molecule has 3 aromatic rings. The quantitative estimate of drug-likeness (QED) is 0.280. The minimum absolute atomic E-state index is 0.0735. The van der Waals surface area contributed by atoms with E-state index in [2.05, 4.69) is 0 Å². The number of Topliss-reactive ketones (excluding diaryl/α,β-unsaturated/α-hetero) is 1. The van der Waals surface area contributed by atoms with Crippen molar-refractivity contribution in [3.8, 4) is 11.5 Å². The van der Waals surface area contributed by atoms with Crippen LogP contribution < -0.4 is 14.4 Å². The first-order valence-corrected chi connectivity index (χ1v) is 10.8. The van der Waals surface area contributed by atoms with Gasteiger partial charge in [0.1, 0.15) is 22.8 Å². The lowest BCUT2D eigenvalue weighted by Gasteiger charge is -2.27. The van der Waals surface area contributed by atoms with Crippen LogP contribution in [0, 0.1) is 6.92 Å². The number of carbonyl (C=O) groups is 2. The highest BCUT2D eigenvalue weighted by atomic mass is 19.4. The van der Waals surface area contributed by atoms with Gasteiger partial charge in [-0.25, -0.2) is 0 Å². The van der Waals surface area contributed by atoms with Crippen molar-refractivity contribution < 1.29 is 37.3 Å². The molecule has 0 aliphatic carbocycles. The number of nitrogens with zero attached hydrogens (tertiary/aromatic N) is 1. The van der Waals surface area contributed by atoms with E-state index in [-0.39, 0.29) is 28.3 Å². The predicted octanol–water partition coefficient (Wildman–Crippen LogP) is 5.66. The first-order chi connectivity index (χ1) is 17.1. The second kappa shape index (κ2) is 9.41. The lowest BCUT2D eigenvalue weighted by atomic mass is 9.92. The molecule has 1 amide bonds. The number of anilines is 1. The number of methoxy groups -OCH3 is 2. The third kappa shape index (κ3) is 4.17. The topological polar surface area (TPSA) is 76.1 Å². The molecule has 0 saturated carbocycles. The summed E-state index contributed by atoms with van der Waals surface area (Å²) in [6, 6.07) is 14.5. The molecular weight excluding hydrogens is 475 g/mol. The minimum atomic E-state index is -4.57. The summed E-state index contributed by atoms with van der Waals surface area (Å²) in [5.74, 6) is -2.09. The Hall–Kier alpha value is -4.27. The number of hydrogen-bond donors (Lipinski definition) is 1. The number of halogens is 3. The van der Waals surface area contributed by atoms with Gasteiger partial charge in [-0.1, -0.05) is 30.3 Å². The number of hydrogen-bond acceptors (Lipinski definition) is 5. The second-order valence-corrected chi connectivity index (χ2v) is 8.11. The van der Waals surface area contributed by atoms with Crippen LogP contribution in [-0.2, 0) is 15.8 Å². The number of aliphatic hydroxyl groups is 1. The minimum Gasteiger partial charge on any atom is -0.506 e. The van der Waals surface area contributed by atoms with Gasteiger partial charge in [-0.2, -0.15) is 13.2 Å². The molecule has 1 N–H and O–H groups in total. The Morgan fingerprint density at radius 2 is 1.47 bits per heavy atom. The molecule has 1 saturated heterocycles. The van der Waals surface area contributed by atoms with Crippen LogP contribution in [0.5, 0.6) is 11.5 Å². The van der Waals surface area contributed by atoms with Gasteiger partial charge >= 0.3 is 6.18 Å². The highest BCUT2D eigenvalue weighted by molar-refractivity contribution is 6.51. The van der Waals surface area contributed by atoms with Crippen molar-refractivity contribution >= 4 is 23.1 Å². The number of amides is 1. The Morgan fingerprint density at radius 3 is 2.00 bits per heavy atom. The first-order valence-electron chi connectivity index (χ1n) is 10.8. The predicted molar refractivity (Wildman–Crippen MR) is 127 cm³/mol. The van der Waals surface area contributed by atoms with Gasteiger partial charge in [-0.05, 0) is 54.4 Å². The van der Waals surface area contributed by atoms with Gasteiger partial charge < -0.3 is 14.6 Å². The largest absolute Gasteiger partial charge is 0.506 e. The van der Waals surface area contributed by atoms with Crippen molar-refractivity contribution in [3.63, 3.8) is 0 Å². The van der Waals surface area contributed by atoms with Gasteiger partial charge in [-0.3, -0.25) is 14.5 Å². The summed E-state index contributed by atoms with van der Waals surface area (Å²) in [6.45, 7) is 1.77. The third-order valence-electron chi connectivity index (χ3n) is 6.06. The maximum Gasteiger partial charge on any atom is 0.416 e. The SMILES string of the molecule is COc1cccc(OC)c1/C(O)=C1\C(=O)C(=O)N(c2ccc(C(F)(F)F)cc2)C1c1ccccc1C. The molecule has 36 heavy (non-hydrogen) atoms. The van der Waals surface area contributed by atoms with Gasteiger partial charge in [0.05, 0.1) is 31.4 Å². The number of ether oxygens (including phenoxy) is 2. The Morgan fingerprint density at radius 1 is 0.889 bits per heavy atom. The van der Waals surface area contributed by atoms with Gasteiger partial charge in [0, 0.05) is 5.69 Å². The van der Waals surface area contributed by atoms with E-state index in [4.69, 9.17) is 9.47 Å². The number of benzene rings is 3. The maximum absolute atomic E-state index is 13.4. The molecule has 0 bridgehead atoms. The normalized spacial score (nSPS) is 17.4. The molecule has 1 aliphatic rings. The van der Waals surface area contributed by atoms with Crippen molar-refractivity contribution in [2.45, 2.75) is 19.1 Å². The van der Waals surface area contributed by atoms with Crippen LogP contribution in [0.4, 0.5) is 18.9 Å². The zero-order valence-electron chi connectivity index (χ0n) is 19.6. The Kier molecular flexibility index (Phi) is 6.49. The van der Waals surface area contributed by atoms with E-state index in [1.165, 1.54) is 14.2 Å². The van der Waals surface area contributed by atoms with Crippen molar-refractivity contribution in [2.24, 2.45) is 0 Å². The van der Waals surface area contributed by atoms with Crippen LogP contribution >= 0.6 is 0 Å². The van der Waals surface area contributed by atoms with Crippen LogP contribution in [-0.4, -0.2) is 31.0 Å². The van der Waals surface area contributed by atoms with E-state index in [0.29, 0.717) is 11.1 Å². The standard InChI is InChI=1S/C27H22F3NO5/c1-15-7-4-5-8-18(15)23-22(24(32)21-19(35-2)9-6-10-20(21)36-3)25(33)26(34)31(23)17-13-11-16(12-14-17)27(28,29)30/h4-14,23,32H,1-3H3/b24-22+. The van der Waals surface area contributed by atoms with E-state index in [9.17, 15) is 27.9 Å². The van der Waals surface area contributed by atoms with E-state index in [1.54, 1.807) is 49.4 Å². The summed E-state index contributed by atoms with van der Waals surface area (Å²) in [7, 11) is 2.76. The molecule has 4 rings (SSSR count). The van der Waals surface area contributed by atoms with Gasteiger partial charge in [-0.15, -0.1) is 0 Å². The molecule has 0 radical (unpaired) electrons. The van der Waals surface area contributed by atoms with Crippen LogP contribution in [0.25, 0.3) is 5.76 Å². The Bertz CT molecular complexity index is 1340. The van der Waals surface area contributed by atoms with Gasteiger partial charge in [0.15, 0.2) is 0 Å². The van der Waals surface area contributed by atoms with Gasteiger partial charge in [0.2, 0.25) is 0 Å². The number of carbonyl (C=O) groups excluding carboxylic acids is 2. The summed E-state index contributed by atoms with van der Waals surface area (Å²) in [6.07, 6.45) is -4.57. The van der Waals surface area contributed by atoms with E-state index in [1.807, 2.05) is 0 Å². The van der Waals surface area contributed by atoms with Crippen LogP contribution in [0.2, 0.25) is 0 Å². The average molecular weight is 497 g/mol. The number of aryl methyl sites for hydroxylation is 1. The molecule has 1 fully saturated rings. The summed E-state index contributed by atoms with van der Waals surface area (Å²) in [5, 5.41) is 11.4. The number of alkyl halides is 3. The van der Waals surface area contributed by atoms with Crippen molar-refractivity contribution in [3.05, 3.63) is 94.6 Å². The van der Waals surface area contributed by atoms with Crippen molar-refractivity contribution in [1.29, 1.82) is 0 Å². The first kappa shape index (κ1) is 24.8. The molecule has 1 atom stereocenters. The molecule has 1 unspecified atom stereocenters. The molecule has 3 aromatic carbocycles. The van der Waals surface area contributed by atoms with Crippen LogP contribution in [0.3, 0.4) is 0 Å². The van der Waals surface area contributed by atoms with Crippen molar-refractivity contribution in [1.82, 2.24) is 0 Å². The molecule has 9 heteroatoms. The lowest BCUT2D eigenvalue weighted by molar-refractivity contribution is -0.137. The Balaban J connectivity index is 1.99. The summed E-state index contributed by atoms with van der Waals surface area (Å²) < 4.78 is 50.1. The van der Waals surface area contributed by atoms with Crippen LogP contribution in [0.1, 0.15) is 28.3 Å². The molecule has 0 spiro atoms. The van der Waals surface area contributed by atoms with Gasteiger partial charge in [0.25, 0.3) is 11.7 Å². The highest BCUT2D eigenvalue weighted by Gasteiger charge is 2.48. The summed E-state index contributed by atoms with van der Waals surface area (Å²) >= 11 is 0. The van der Waals surface area contributed by atoms with Crippen LogP contribution in [0.15, 0.2) is 72.3 Å². The molecule has 0 aromatic heterocycles. The second-order valence-electron chi connectivity index (χ2n) is 8.11. The fourth-order valence-electron chi connectivity index (χ4n) is 4.32. The molecular formula is C27H22F3NO5. The monoisotopic (exact) mass is 497 g/mol. The molecule has 6 nitrogen and oxygen atoms in total. The number of rotatable bonds is 5. The summed E-state index contributed by atoms with van der Waals surface area (Å²) in [4.78, 5) is 27.7. The average Bonchev–Trinajstić information content (AvgIpc) is 3.12. The van der Waals surface area contributed by atoms with E-state index >= 15 is 0 Å². The number of ketones is 1. The van der Waals surface area contributed by atoms with E-state index in [0.717, 1.165) is 29.2 Å².